The summed E-state index contributed by atoms with van der Waals surface area (Å²) in [6.45, 7) is 8.04. The first-order chi connectivity index (χ1) is 12.2. The van der Waals surface area contributed by atoms with Gasteiger partial charge in [-0.15, -0.1) is 24.0 Å². The van der Waals surface area contributed by atoms with E-state index >= 15 is 0 Å². The lowest BCUT2D eigenvalue weighted by molar-refractivity contribution is -0.384. The van der Waals surface area contributed by atoms with Crippen LogP contribution in [0.25, 0.3) is 0 Å². The summed E-state index contributed by atoms with van der Waals surface area (Å²) in [6.07, 6.45) is -0.321. The number of aliphatic imine (C=N–C) groups is 1. The van der Waals surface area contributed by atoms with E-state index in [4.69, 9.17) is 10.5 Å². The number of non-ortho nitro benzene ring substituents is 1. The molecule has 1 fully saturated rings. The minimum absolute atomic E-state index is 0. The lowest BCUT2D eigenvalue weighted by atomic mass is 10.2. The van der Waals surface area contributed by atoms with Crippen molar-refractivity contribution in [2.24, 2.45) is 10.7 Å². The Bertz CT molecular complexity index is 680. The molecule has 1 aromatic carbocycles. The number of nitrogens with two attached hydrogens (primary N) is 1. The predicted molar refractivity (Wildman–Crippen MR) is 113 cm³/mol. The summed E-state index contributed by atoms with van der Waals surface area (Å²) in [7, 11) is 0. The molecule has 0 atom stereocenters. The molecule has 1 aliphatic rings. The number of guanidine groups is 1. The van der Waals surface area contributed by atoms with Crippen LogP contribution < -0.4 is 5.73 Å². The number of nitro groups is 1. The number of nitrogens with zero attached hydrogens (tertiary/aromatic N) is 4. The Morgan fingerprint density at radius 3 is 2.19 bits per heavy atom. The van der Waals surface area contributed by atoms with Gasteiger partial charge in [0.05, 0.1) is 11.5 Å². The number of hydrogen-bond acceptors (Lipinski definition) is 5. The number of halogens is 1. The Balaban J connectivity index is 0.00000364. The van der Waals surface area contributed by atoms with Crippen molar-refractivity contribution in [3.8, 4) is 0 Å². The highest BCUT2D eigenvalue weighted by Crippen LogP contribution is 2.14. The van der Waals surface area contributed by atoms with Crippen LogP contribution in [-0.4, -0.2) is 58.6 Å². The van der Waals surface area contributed by atoms with Crippen LogP contribution >= 0.6 is 24.0 Å². The van der Waals surface area contributed by atoms with Gasteiger partial charge in [-0.2, -0.15) is 0 Å². The fourth-order valence-electron chi connectivity index (χ4n) is 2.44. The molecule has 0 saturated carbocycles. The number of carbonyl (C=O) groups is 1. The van der Waals surface area contributed by atoms with Crippen molar-refractivity contribution in [2.75, 3.05) is 26.2 Å². The zero-order valence-electron chi connectivity index (χ0n) is 15.8. The molecule has 2 rings (SSSR count). The minimum atomic E-state index is -0.514. The number of nitro benzene ring substituents is 1. The van der Waals surface area contributed by atoms with E-state index < -0.39 is 10.5 Å². The summed E-state index contributed by atoms with van der Waals surface area (Å²) in [5.74, 6) is 0.396. The van der Waals surface area contributed by atoms with Crippen LogP contribution in [-0.2, 0) is 11.3 Å². The summed E-state index contributed by atoms with van der Waals surface area (Å²) in [5.41, 5.74) is 6.40. The van der Waals surface area contributed by atoms with Gasteiger partial charge in [0.25, 0.3) is 5.69 Å². The third kappa shape index (κ3) is 7.19. The molecule has 0 bridgehead atoms. The second-order valence-electron chi connectivity index (χ2n) is 7.05. The van der Waals surface area contributed by atoms with E-state index in [9.17, 15) is 14.9 Å². The van der Waals surface area contributed by atoms with Gasteiger partial charge in [0, 0.05) is 38.3 Å². The highest BCUT2D eigenvalue weighted by molar-refractivity contribution is 14.0. The van der Waals surface area contributed by atoms with E-state index in [0.717, 1.165) is 5.56 Å². The van der Waals surface area contributed by atoms with Crippen LogP contribution in [0.15, 0.2) is 29.3 Å². The zero-order valence-corrected chi connectivity index (χ0v) is 18.1. The second kappa shape index (κ2) is 9.72. The van der Waals surface area contributed by atoms with Crippen LogP contribution in [0.5, 0.6) is 0 Å². The minimum Gasteiger partial charge on any atom is -0.444 e. The van der Waals surface area contributed by atoms with Crippen molar-refractivity contribution < 1.29 is 14.5 Å². The number of carbonyl (C=O) groups excluding carboxylic acids is 1. The van der Waals surface area contributed by atoms with Gasteiger partial charge >= 0.3 is 6.09 Å². The van der Waals surface area contributed by atoms with Gasteiger partial charge < -0.3 is 20.3 Å². The van der Waals surface area contributed by atoms with E-state index in [1.54, 1.807) is 17.0 Å². The summed E-state index contributed by atoms with van der Waals surface area (Å²) >= 11 is 0. The summed E-state index contributed by atoms with van der Waals surface area (Å²) in [5, 5.41) is 10.7. The van der Waals surface area contributed by atoms with E-state index in [2.05, 4.69) is 4.99 Å². The Labute approximate surface area is 175 Å². The van der Waals surface area contributed by atoms with Crippen molar-refractivity contribution in [1.29, 1.82) is 0 Å². The molecule has 1 aromatic rings. The summed E-state index contributed by atoms with van der Waals surface area (Å²) in [6, 6.07) is 6.21. The Kier molecular flexibility index (Phi) is 8.25. The molecule has 1 saturated heterocycles. The lowest BCUT2D eigenvalue weighted by Crippen LogP contribution is -2.53. The van der Waals surface area contributed by atoms with Gasteiger partial charge in [-0.3, -0.25) is 10.1 Å². The highest BCUT2D eigenvalue weighted by atomic mass is 127. The molecule has 10 heteroatoms. The third-order valence-corrected chi connectivity index (χ3v) is 3.83. The molecule has 0 unspecified atom stereocenters. The summed E-state index contributed by atoms with van der Waals surface area (Å²) in [4.78, 5) is 30.2. The Hall–Kier alpha value is -2.11. The van der Waals surface area contributed by atoms with Crippen LogP contribution in [0.3, 0.4) is 0 Å². The molecular formula is C17H26IN5O4. The fourth-order valence-corrected chi connectivity index (χ4v) is 2.44. The first kappa shape index (κ1) is 22.9. The predicted octanol–water partition coefficient (Wildman–Crippen LogP) is 2.58. The molecule has 2 N–H and O–H groups in total. The van der Waals surface area contributed by atoms with Crippen LogP contribution in [0.2, 0.25) is 0 Å². The molecule has 150 valence electrons. The molecule has 0 radical (unpaired) electrons. The number of hydrogen-bond donors (Lipinski definition) is 1. The number of amides is 1. The van der Waals surface area contributed by atoms with Crippen molar-refractivity contribution in [2.45, 2.75) is 32.9 Å². The molecular weight excluding hydrogens is 465 g/mol. The number of piperazine rings is 1. The van der Waals surface area contributed by atoms with Crippen LogP contribution in [0.4, 0.5) is 10.5 Å². The highest BCUT2D eigenvalue weighted by Gasteiger charge is 2.26. The molecule has 1 amide bonds. The zero-order chi connectivity index (χ0) is 19.3. The maximum absolute atomic E-state index is 12.1. The first-order valence-corrected chi connectivity index (χ1v) is 8.42. The molecule has 9 nitrogen and oxygen atoms in total. The average Bonchev–Trinajstić information content (AvgIpc) is 2.58. The smallest absolute Gasteiger partial charge is 0.410 e. The maximum Gasteiger partial charge on any atom is 0.410 e. The molecule has 27 heavy (non-hydrogen) atoms. The molecule has 0 aliphatic carbocycles. The second-order valence-corrected chi connectivity index (χ2v) is 7.05. The lowest BCUT2D eigenvalue weighted by Gasteiger charge is -2.36. The largest absolute Gasteiger partial charge is 0.444 e. The number of rotatable bonds is 3. The summed E-state index contributed by atoms with van der Waals surface area (Å²) < 4.78 is 5.36. The van der Waals surface area contributed by atoms with Crippen LogP contribution in [0, 0.1) is 10.1 Å². The van der Waals surface area contributed by atoms with Crippen molar-refractivity contribution in [1.82, 2.24) is 9.80 Å². The Morgan fingerprint density at radius 2 is 1.70 bits per heavy atom. The van der Waals surface area contributed by atoms with Gasteiger partial charge in [0.2, 0.25) is 0 Å². The van der Waals surface area contributed by atoms with Crippen molar-refractivity contribution in [3.63, 3.8) is 0 Å². The molecule has 1 heterocycles. The maximum atomic E-state index is 12.1. The van der Waals surface area contributed by atoms with Crippen molar-refractivity contribution >= 4 is 41.7 Å². The van der Waals surface area contributed by atoms with Gasteiger partial charge in [-0.25, -0.2) is 9.79 Å². The standard InChI is InChI=1S/C17H25N5O4.HI/c1-17(2,3)26-16(23)21-10-8-20(9-11-21)15(18)19-12-13-4-6-14(7-5-13)22(24)25;/h4-7H,8-12H2,1-3H3,(H2,18,19);1H. The monoisotopic (exact) mass is 491 g/mol. The SMILES string of the molecule is CC(C)(C)OC(=O)N1CCN(C(N)=NCc2ccc([N+](=O)[O-])cc2)CC1.I. The fraction of sp³-hybridized carbons (Fsp3) is 0.529. The van der Waals surface area contributed by atoms with Gasteiger partial charge in [0.15, 0.2) is 5.96 Å². The topological polar surface area (TPSA) is 114 Å². The first-order valence-electron chi connectivity index (χ1n) is 8.42. The normalized spacial score (nSPS) is 15.1. The van der Waals surface area contributed by atoms with Crippen LogP contribution in [0.1, 0.15) is 26.3 Å². The van der Waals surface area contributed by atoms with Gasteiger partial charge in [-0.05, 0) is 26.3 Å². The average molecular weight is 491 g/mol. The van der Waals surface area contributed by atoms with E-state index in [1.165, 1.54) is 12.1 Å². The molecule has 1 aliphatic heterocycles. The quantitative estimate of drug-likeness (QED) is 0.229. The van der Waals surface area contributed by atoms with Gasteiger partial charge in [0.1, 0.15) is 5.60 Å². The van der Waals surface area contributed by atoms with Gasteiger partial charge in [-0.1, -0.05) is 12.1 Å². The molecule has 0 aromatic heterocycles. The van der Waals surface area contributed by atoms with E-state index in [1.807, 2.05) is 25.7 Å². The van der Waals surface area contributed by atoms with Crippen molar-refractivity contribution in [3.05, 3.63) is 39.9 Å². The molecule has 0 spiro atoms. The Morgan fingerprint density at radius 1 is 1.19 bits per heavy atom. The van der Waals surface area contributed by atoms with E-state index in [0.29, 0.717) is 38.7 Å². The number of benzene rings is 1. The number of ether oxygens (including phenoxy) is 1. The van der Waals surface area contributed by atoms with E-state index in [-0.39, 0.29) is 35.8 Å². The third-order valence-electron chi connectivity index (χ3n) is 3.83.